The molecule has 1 amide bonds. The van der Waals surface area contributed by atoms with Gasteiger partial charge in [-0.15, -0.1) is 0 Å². The fourth-order valence-corrected chi connectivity index (χ4v) is 0.406. The van der Waals surface area contributed by atoms with Crippen molar-refractivity contribution >= 4 is 6.09 Å². The molecule has 1 rings (SSSR count). The second-order valence-corrected chi connectivity index (χ2v) is 1.86. The van der Waals surface area contributed by atoms with Crippen molar-refractivity contribution in [2.24, 2.45) is 5.73 Å². The van der Waals surface area contributed by atoms with Crippen molar-refractivity contribution in [2.75, 3.05) is 6.61 Å². The first-order valence-electron chi connectivity index (χ1n) is 2.55. The summed E-state index contributed by atoms with van der Waals surface area (Å²) in [6.45, 7) is 0.440. The molecule has 1 aliphatic rings. The third-order valence-electron chi connectivity index (χ3n) is 1.02. The highest BCUT2D eigenvalue weighted by Crippen LogP contribution is 2.31. The summed E-state index contributed by atoms with van der Waals surface area (Å²) in [7, 11) is 0. The molecular formula is C5H8NO2. The van der Waals surface area contributed by atoms with Crippen LogP contribution in [0.1, 0.15) is 12.8 Å². The lowest BCUT2D eigenvalue weighted by atomic mass is 10.5. The topological polar surface area (TPSA) is 52.3 Å². The van der Waals surface area contributed by atoms with Crippen molar-refractivity contribution < 1.29 is 9.53 Å². The van der Waals surface area contributed by atoms with E-state index in [-0.39, 0.29) is 0 Å². The van der Waals surface area contributed by atoms with Crippen molar-refractivity contribution in [3.63, 3.8) is 0 Å². The summed E-state index contributed by atoms with van der Waals surface area (Å²) in [6.07, 6.45) is 1.53. The summed E-state index contributed by atoms with van der Waals surface area (Å²) >= 11 is 0. The van der Waals surface area contributed by atoms with Crippen LogP contribution in [0.2, 0.25) is 0 Å². The van der Waals surface area contributed by atoms with E-state index in [1.807, 2.05) is 0 Å². The molecule has 8 heavy (non-hydrogen) atoms. The van der Waals surface area contributed by atoms with Crippen LogP contribution in [-0.4, -0.2) is 12.7 Å². The summed E-state index contributed by atoms with van der Waals surface area (Å²) in [5.41, 5.74) is 4.69. The van der Waals surface area contributed by atoms with Gasteiger partial charge in [0.05, 0.1) is 6.61 Å². The molecule has 1 aliphatic carbocycles. The van der Waals surface area contributed by atoms with Gasteiger partial charge in [-0.05, 0) is 12.8 Å². The molecule has 0 aliphatic heterocycles. The van der Waals surface area contributed by atoms with Crippen LogP contribution < -0.4 is 5.73 Å². The van der Waals surface area contributed by atoms with E-state index in [1.54, 1.807) is 0 Å². The van der Waals surface area contributed by atoms with Crippen LogP contribution in [0.3, 0.4) is 0 Å². The SMILES string of the molecule is NC(=O)OC[C]1CC1. The van der Waals surface area contributed by atoms with E-state index in [0.717, 1.165) is 12.8 Å². The van der Waals surface area contributed by atoms with E-state index >= 15 is 0 Å². The quantitative estimate of drug-likeness (QED) is 0.566. The van der Waals surface area contributed by atoms with Crippen LogP contribution in [0.4, 0.5) is 4.79 Å². The second-order valence-electron chi connectivity index (χ2n) is 1.86. The Bertz CT molecular complexity index is 98.6. The molecule has 3 heteroatoms. The maximum absolute atomic E-state index is 9.92. The molecule has 1 saturated carbocycles. The predicted octanol–water partition coefficient (Wildman–Crippen LogP) is 0.450. The number of ether oxygens (including phenoxy) is 1. The largest absolute Gasteiger partial charge is 0.449 e. The standard InChI is InChI=1S/C5H8NO2/c6-5(7)8-3-4-1-2-4/h1-3H2,(H2,6,7). The van der Waals surface area contributed by atoms with E-state index in [0.29, 0.717) is 6.61 Å². The molecule has 0 bridgehead atoms. The van der Waals surface area contributed by atoms with Crippen LogP contribution in [0.25, 0.3) is 0 Å². The van der Waals surface area contributed by atoms with E-state index in [1.165, 1.54) is 5.92 Å². The Morgan fingerprint density at radius 3 is 2.75 bits per heavy atom. The highest BCUT2D eigenvalue weighted by atomic mass is 16.5. The van der Waals surface area contributed by atoms with Crippen molar-refractivity contribution in [2.45, 2.75) is 12.8 Å². The van der Waals surface area contributed by atoms with Gasteiger partial charge in [0.15, 0.2) is 0 Å². The first-order valence-corrected chi connectivity index (χ1v) is 2.55. The third-order valence-corrected chi connectivity index (χ3v) is 1.02. The number of nitrogens with two attached hydrogens (primary N) is 1. The Morgan fingerprint density at radius 1 is 1.75 bits per heavy atom. The first-order chi connectivity index (χ1) is 3.79. The van der Waals surface area contributed by atoms with Gasteiger partial charge in [0.2, 0.25) is 0 Å². The van der Waals surface area contributed by atoms with Gasteiger partial charge < -0.3 is 10.5 Å². The zero-order valence-electron chi connectivity index (χ0n) is 4.52. The predicted molar refractivity (Wildman–Crippen MR) is 28.0 cm³/mol. The zero-order chi connectivity index (χ0) is 5.98. The Labute approximate surface area is 47.8 Å². The lowest BCUT2D eigenvalue weighted by molar-refractivity contribution is 0.164. The normalized spacial score (nSPS) is 18.0. The highest BCUT2D eigenvalue weighted by molar-refractivity contribution is 5.64. The minimum Gasteiger partial charge on any atom is -0.449 e. The molecule has 0 atom stereocenters. The zero-order valence-corrected chi connectivity index (χ0v) is 4.52. The minimum atomic E-state index is -0.676. The number of rotatable bonds is 2. The van der Waals surface area contributed by atoms with Crippen LogP contribution in [0.15, 0.2) is 0 Å². The lowest BCUT2D eigenvalue weighted by Crippen LogP contribution is -2.13. The molecule has 0 spiro atoms. The van der Waals surface area contributed by atoms with E-state index < -0.39 is 6.09 Å². The Kier molecular flexibility index (Phi) is 1.37. The fourth-order valence-electron chi connectivity index (χ4n) is 0.406. The van der Waals surface area contributed by atoms with Crippen LogP contribution in [0, 0.1) is 5.92 Å². The third kappa shape index (κ3) is 1.82. The molecule has 0 aromatic carbocycles. The van der Waals surface area contributed by atoms with Crippen LogP contribution in [0.5, 0.6) is 0 Å². The van der Waals surface area contributed by atoms with E-state index in [4.69, 9.17) is 5.73 Å². The summed E-state index contributed by atoms with van der Waals surface area (Å²) in [5.74, 6) is 1.28. The second kappa shape index (κ2) is 2.03. The average Bonchev–Trinajstić information content (AvgIpc) is 2.41. The van der Waals surface area contributed by atoms with Gasteiger partial charge in [-0.3, -0.25) is 0 Å². The maximum atomic E-state index is 9.92. The highest BCUT2D eigenvalue weighted by Gasteiger charge is 2.23. The first kappa shape index (κ1) is 5.41. The van der Waals surface area contributed by atoms with Gasteiger partial charge in [0.1, 0.15) is 0 Å². The fraction of sp³-hybridized carbons (Fsp3) is 0.600. The number of carbonyl (C=O) groups excluding carboxylic acids is 1. The van der Waals surface area contributed by atoms with Gasteiger partial charge in [-0.25, -0.2) is 4.79 Å². The molecule has 0 aromatic rings. The summed E-state index contributed by atoms with van der Waals surface area (Å²) in [6, 6.07) is 0. The number of hydrogen-bond acceptors (Lipinski definition) is 2. The summed E-state index contributed by atoms with van der Waals surface area (Å²) in [5, 5.41) is 0. The van der Waals surface area contributed by atoms with Gasteiger partial charge >= 0.3 is 6.09 Å². The van der Waals surface area contributed by atoms with Crippen molar-refractivity contribution in [3.05, 3.63) is 5.92 Å². The molecule has 0 unspecified atom stereocenters. The number of carbonyl (C=O) groups is 1. The Hall–Kier alpha value is -0.730. The van der Waals surface area contributed by atoms with Crippen molar-refractivity contribution in [3.8, 4) is 0 Å². The van der Waals surface area contributed by atoms with E-state index in [2.05, 4.69) is 4.74 Å². The number of hydrogen-bond donors (Lipinski definition) is 1. The van der Waals surface area contributed by atoms with Crippen molar-refractivity contribution in [1.29, 1.82) is 0 Å². The van der Waals surface area contributed by atoms with Gasteiger partial charge in [0, 0.05) is 5.92 Å². The monoisotopic (exact) mass is 114 g/mol. The molecule has 1 radical (unpaired) electrons. The molecule has 3 nitrogen and oxygen atoms in total. The molecule has 2 N–H and O–H groups in total. The van der Waals surface area contributed by atoms with Crippen LogP contribution >= 0.6 is 0 Å². The molecule has 0 saturated heterocycles. The molecule has 1 fully saturated rings. The molecular weight excluding hydrogens is 106 g/mol. The molecule has 0 heterocycles. The van der Waals surface area contributed by atoms with E-state index in [9.17, 15) is 4.79 Å². The molecule has 45 valence electrons. The lowest BCUT2D eigenvalue weighted by Gasteiger charge is -1.94. The summed E-state index contributed by atoms with van der Waals surface area (Å²) in [4.78, 5) is 9.92. The van der Waals surface area contributed by atoms with Gasteiger partial charge in [-0.2, -0.15) is 0 Å². The van der Waals surface area contributed by atoms with Gasteiger partial charge in [-0.1, -0.05) is 0 Å². The summed E-state index contributed by atoms with van der Waals surface area (Å²) < 4.78 is 4.47. The smallest absolute Gasteiger partial charge is 0.404 e. The maximum Gasteiger partial charge on any atom is 0.404 e. The van der Waals surface area contributed by atoms with Crippen molar-refractivity contribution in [1.82, 2.24) is 0 Å². The Balaban J connectivity index is 1.95. The van der Waals surface area contributed by atoms with Crippen LogP contribution in [-0.2, 0) is 4.74 Å². The Morgan fingerprint density at radius 2 is 2.38 bits per heavy atom. The number of primary amides is 1. The molecule has 0 aromatic heterocycles. The number of amides is 1. The average molecular weight is 114 g/mol. The van der Waals surface area contributed by atoms with Gasteiger partial charge in [0.25, 0.3) is 0 Å². The minimum absolute atomic E-state index is 0.440.